The van der Waals surface area contributed by atoms with E-state index in [9.17, 15) is 4.79 Å². The molecule has 1 fully saturated rings. The van der Waals surface area contributed by atoms with Crippen molar-refractivity contribution in [1.29, 1.82) is 0 Å². The average Bonchev–Trinajstić information content (AvgIpc) is 3.03. The smallest absolute Gasteiger partial charge is 0.243 e. The van der Waals surface area contributed by atoms with Crippen LogP contribution in [-0.2, 0) is 4.79 Å². The van der Waals surface area contributed by atoms with Gasteiger partial charge in [0.1, 0.15) is 0 Å². The topological polar surface area (TPSA) is 56.7 Å². The van der Waals surface area contributed by atoms with Gasteiger partial charge in [0, 0.05) is 31.4 Å². The lowest BCUT2D eigenvalue weighted by molar-refractivity contribution is -0.115. The second-order valence-corrected chi connectivity index (χ2v) is 6.90. The number of nitrogens with zero attached hydrogens (tertiary/aromatic N) is 2. The third kappa shape index (κ3) is 5.82. The second kappa shape index (κ2) is 9.12. The molecule has 2 rings (SSSR count). The van der Waals surface area contributed by atoms with Gasteiger partial charge in [0.25, 0.3) is 0 Å². The molecule has 1 unspecified atom stereocenters. The van der Waals surface area contributed by atoms with Gasteiger partial charge in [0.2, 0.25) is 5.91 Å². The Morgan fingerprint density at radius 3 is 2.96 bits per heavy atom. The number of likely N-dealkylation sites (tertiary alicyclic amines) is 1. The molecule has 134 valence electrons. The van der Waals surface area contributed by atoms with Crippen molar-refractivity contribution in [1.82, 2.24) is 10.2 Å². The molecule has 0 spiro atoms. The fourth-order valence-corrected chi connectivity index (χ4v) is 3.27. The molecule has 0 saturated carbocycles. The zero-order valence-corrected chi connectivity index (χ0v) is 15.4. The maximum Gasteiger partial charge on any atom is 0.243 e. The summed E-state index contributed by atoms with van der Waals surface area (Å²) in [6, 6.07) is 7.27. The van der Waals surface area contributed by atoms with E-state index >= 15 is 0 Å². The van der Waals surface area contributed by atoms with Crippen molar-refractivity contribution in [3.63, 3.8) is 0 Å². The van der Waals surface area contributed by atoms with E-state index in [2.05, 4.69) is 40.3 Å². The van der Waals surface area contributed by atoms with Crippen molar-refractivity contribution < 1.29 is 4.79 Å². The van der Waals surface area contributed by atoms with Gasteiger partial charge in [-0.3, -0.25) is 9.79 Å². The van der Waals surface area contributed by atoms with Gasteiger partial charge in [-0.05, 0) is 42.9 Å². The lowest BCUT2D eigenvalue weighted by atomic mass is 9.97. The van der Waals surface area contributed by atoms with Crippen LogP contribution in [0.1, 0.15) is 32.3 Å². The first kappa shape index (κ1) is 18.9. The number of guanidine groups is 1. The summed E-state index contributed by atoms with van der Waals surface area (Å²) in [4.78, 5) is 18.7. The molecule has 1 aromatic rings. The Morgan fingerprint density at radius 1 is 1.48 bits per heavy atom. The van der Waals surface area contributed by atoms with Crippen LogP contribution in [0, 0.1) is 24.2 Å². The number of nitrogens with one attached hydrogen (secondary N) is 2. The number of anilines is 1. The average molecular weight is 340 g/mol. The molecule has 1 aliphatic heterocycles. The fraction of sp³-hybridized carbons (Fsp3) is 0.500. The molecule has 1 aliphatic rings. The Kier molecular flexibility index (Phi) is 6.88. The summed E-state index contributed by atoms with van der Waals surface area (Å²) < 4.78 is 0. The standard InChI is InChI=1S/C20H28N4O/c1-5-16-7-6-8-18(12-16)23-19(25)13-22-20(21-4)24-10-9-17(14-24)11-15(2)3/h1,6-8,12,15,17H,9-11,13-14H2,2-4H3,(H,21,22)(H,23,25). The van der Waals surface area contributed by atoms with E-state index < -0.39 is 0 Å². The van der Waals surface area contributed by atoms with Gasteiger partial charge in [-0.2, -0.15) is 0 Å². The minimum Gasteiger partial charge on any atom is -0.347 e. The normalized spacial score (nSPS) is 17.5. The van der Waals surface area contributed by atoms with Crippen molar-refractivity contribution in [2.45, 2.75) is 26.7 Å². The van der Waals surface area contributed by atoms with Crippen LogP contribution in [-0.4, -0.2) is 43.4 Å². The van der Waals surface area contributed by atoms with E-state index in [0.717, 1.165) is 24.6 Å². The van der Waals surface area contributed by atoms with Crippen molar-refractivity contribution in [3.8, 4) is 12.3 Å². The molecule has 25 heavy (non-hydrogen) atoms. The molecule has 1 aromatic carbocycles. The predicted octanol–water partition coefficient (Wildman–Crippen LogP) is 2.55. The molecule has 1 amide bonds. The molecule has 1 saturated heterocycles. The van der Waals surface area contributed by atoms with Crippen molar-refractivity contribution in [3.05, 3.63) is 29.8 Å². The van der Waals surface area contributed by atoms with E-state index in [-0.39, 0.29) is 12.5 Å². The highest BCUT2D eigenvalue weighted by Gasteiger charge is 2.25. The highest BCUT2D eigenvalue weighted by molar-refractivity contribution is 5.95. The Labute approximate surface area is 150 Å². The number of aliphatic imine (C=N–C) groups is 1. The molecular formula is C20H28N4O. The maximum atomic E-state index is 12.2. The van der Waals surface area contributed by atoms with Crippen LogP contribution >= 0.6 is 0 Å². The zero-order chi connectivity index (χ0) is 18.2. The molecule has 0 aromatic heterocycles. The first-order valence-corrected chi connectivity index (χ1v) is 8.84. The van der Waals surface area contributed by atoms with Crippen molar-refractivity contribution in [2.24, 2.45) is 16.8 Å². The van der Waals surface area contributed by atoms with Crippen LogP contribution in [0.5, 0.6) is 0 Å². The summed E-state index contributed by atoms with van der Waals surface area (Å²) in [5.41, 5.74) is 1.45. The van der Waals surface area contributed by atoms with E-state index in [1.54, 1.807) is 13.1 Å². The van der Waals surface area contributed by atoms with E-state index in [1.807, 2.05) is 18.2 Å². The Morgan fingerprint density at radius 2 is 2.28 bits per heavy atom. The van der Waals surface area contributed by atoms with Gasteiger partial charge in [-0.15, -0.1) is 6.42 Å². The first-order valence-electron chi connectivity index (χ1n) is 8.84. The molecule has 5 nitrogen and oxygen atoms in total. The molecule has 1 atom stereocenters. The summed E-state index contributed by atoms with van der Waals surface area (Å²) >= 11 is 0. The van der Waals surface area contributed by atoms with E-state index in [1.165, 1.54) is 12.8 Å². The van der Waals surface area contributed by atoms with Gasteiger partial charge >= 0.3 is 0 Å². The van der Waals surface area contributed by atoms with Crippen LogP contribution in [0.2, 0.25) is 0 Å². The predicted molar refractivity (Wildman–Crippen MR) is 104 cm³/mol. The zero-order valence-electron chi connectivity index (χ0n) is 15.4. The number of terminal acetylenes is 1. The minimum atomic E-state index is -0.117. The fourth-order valence-electron chi connectivity index (χ4n) is 3.27. The van der Waals surface area contributed by atoms with Crippen LogP contribution in [0.3, 0.4) is 0 Å². The third-order valence-electron chi connectivity index (χ3n) is 4.32. The maximum absolute atomic E-state index is 12.2. The molecule has 2 N–H and O–H groups in total. The molecule has 0 bridgehead atoms. The summed E-state index contributed by atoms with van der Waals surface area (Å²) in [5, 5.41) is 6.01. The highest BCUT2D eigenvalue weighted by atomic mass is 16.1. The summed E-state index contributed by atoms with van der Waals surface area (Å²) in [6.07, 6.45) is 7.80. The van der Waals surface area contributed by atoms with Crippen LogP contribution in [0.25, 0.3) is 0 Å². The number of carbonyl (C=O) groups is 1. The lowest BCUT2D eigenvalue weighted by Crippen LogP contribution is -2.43. The number of carbonyl (C=O) groups excluding carboxylic acids is 1. The van der Waals surface area contributed by atoms with E-state index in [4.69, 9.17) is 6.42 Å². The van der Waals surface area contributed by atoms with Crippen molar-refractivity contribution in [2.75, 3.05) is 32.0 Å². The van der Waals surface area contributed by atoms with Gasteiger partial charge in [0.15, 0.2) is 5.96 Å². The van der Waals surface area contributed by atoms with Gasteiger partial charge in [-0.1, -0.05) is 25.8 Å². The number of hydrogen-bond acceptors (Lipinski definition) is 2. The van der Waals surface area contributed by atoms with E-state index in [0.29, 0.717) is 17.5 Å². The largest absolute Gasteiger partial charge is 0.347 e. The number of amides is 1. The summed E-state index contributed by atoms with van der Waals surface area (Å²) in [6.45, 7) is 6.69. The third-order valence-corrected chi connectivity index (χ3v) is 4.32. The number of rotatable bonds is 5. The second-order valence-electron chi connectivity index (χ2n) is 6.90. The summed E-state index contributed by atoms with van der Waals surface area (Å²) in [7, 11) is 1.76. The van der Waals surface area contributed by atoms with Gasteiger partial charge < -0.3 is 15.5 Å². The minimum absolute atomic E-state index is 0.117. The van der Waals surface area contributed by atoms with Gasteiger partial charge in [-0.25, -0.2) is 0 Å². The Bertz CT molecular complexity index is 660. The molecule has 0 aliphatic carbocycles. The molecule has 1 heterocycles. The monoisotopic (exact) mass is 340 g/mol. The van der Waals surface area contributed by atoms with Crippen molar-refractivity contribution >= 4 is 17.6 Å². The number of benzene rings is 1. The quantitative estimate of drug-likeness (QED) is 0.492. The lowest BCUT2D eigenvalue weighted by Gasteiger charge is -2.22. The first-order chi connectivity index (χ1) is 12.0. The molecule has 5 heteroatoms. The Balaban J connectivity index is 1.82. The highest BCUT2D eigenvalue weighted by Crippen LogP contribution is 2.23. The SMILES string of the molecule is C#Cc1cccc(NC(=O)CNC(=NC)N2CCC(CC(C)C)C2)c1. The van der Waals surface area contributed by atoms with Gasteiger partial charge in [0.05, 0.1) is 6.54 Å². The Hall–Kier alpha value is -2.48. The van der Waals surface area contributed by atoms with Crippen LogP contribution in [0.15, 0.2) is 29.3 Å². The number of hydrogen-bond donors (Lipinski definition) is 2. The van der Waals surface area contributed by atoms with Crippen LogP contribution in [0.4, 0.5) is 5.69 Å². The molecular weight excluding hydrogens is 312 g/mol. The van der Waals surface area contributed by atoms with Crippen LogP contribution < -0.4 is 10.6 Å². The molecule has 0 radical (unpaired) electrons. The summed E-state index contributed by atoms with van der Waals surface area (Å²) in [5.74, 6) is 4.65.